The third kappa shape index (κ3) is 4.96. The Kier molecular flexibility index (Phi) is 6.80. The Bertz CT molecular complexity index is 923. The summed E-state index contributed by atoms with van der Waals surface area (Å²) in [4.78, 5) is 28.0. The molecule has 2 aliphatic rings. The van der Waals surface area contributed by atoms with Gasteiger partial charge in [0.05, 0.1) is 35.5 Å². The molecule has 2 saturated heterocycles. The first-order chi connectivity index (χ1) is 14.7. The number of thiocarbonyl (C=S) groups is 1. The molecule has 9 nitrogen and oxygen atoms in total. The van der Waals surface area contributed by atoms with E-state index in [0.717, 1.165) is 4.90 Å². The second kappa shape index (κ2) is 9.34. The van der Waals surface area contributed by atoms with E-state index in [-0.39, 0.29) is 18.7 Å². The zero-order valence-electron chi connectivity index (χ0n) is 17.2. The Morgan fingerprint density at radius 2 is 2.26 bits per heavy atom. The molecule has 31 heavy (non-hydrogen) atoms. The van der Waals surface area contributed by atoms with Crippen molar-refractivity contribution in [1.82, 2.24) is 10.2 Å². The Labute approximate surface area is 185 Å². The zero-order valence-corrected chi connectivity index (χ0v) is 18.1. The molecule has 2 heterocycles. The van der Waals surface area contributed by atoms with Crippen molar-refractivity contribution in [3.63, 3.8) is 0 Å². The van der Waals surface area contributed by atoms with Crippen molar-refractivity contribution in [2.24, 2.45) is 0 Å². The highest BCUT2D eigenvalue weighted by atomic mass is 32.1. The lowest BCUT2D eigenvalue weighted by atomic mass is 9.96. The Morgan fingerprint density at radius 1 is 1.52 bits per heavy atom. The Balaban J connectivity index is 1.69. The topological polar surface area (TPSA) is 109 Å². The van der Waals surface area contributed by atoms with E-state index < -0.39 is 24.0 Å². The van der Waals surface area contributed by atoms with E-state index in [0.29, 0.717) is 42.3 Å². The molecular formula is C20H24FN5O4S. The van der Waals surface area contributed by atoms with Gasteiger partial charge in [0.25, 0.3) is 0 Å². The molecule has 3 rings (SSSR count). The summed E-state index contributed by atoms with van der Waals surface area (Å²) in [5.41, 5.74) is 0.771. The van der Waals surface area contributed by atoms with Crippen molar-refractivity contribution in [3.05, 3.63) is 24.0 Å². The fraction of sp³-hybridized carbons (Fsp3) is 0.500. The predicted molar refractivity (Wildman–Crippen MR) is 116 cm³/mol. The number of hydrogen-bond acceptors (Lipinski definition) is 6. The maximum absolute atomic E-state index is 15.0. The van der Waals surface area contributed by atoms with Crippen LogP contribution in [0.15, 0.2) is 18.2 Å². The molecule has 2 fully saturated rings. The number of nitriles is 1. The number of piperidine rings is 1. The number of carboxylic acid groups (broad SMARTS) is 1. The van der Waals surface area contributed by atoms with Crippen molar-refractivity contribution in [3.8, 4) is 6.19 Å². The van der Waals surface area contributed by atoms with E-state index >= 15 is 0 Å². The van der Waals surface area contributed by atoms with Gasteiger partial charge in [0.2, 0.25) is 0 Å². The summed E-state index contributed by atoms with van der Waals surface area (Å²) in [5, 5.41) is 21.2. The first-order valence-corrected chi connectivity index (χ1v) is 10.3. The smallest absolute Gasteiger partial charge is 0.420 e. The second-order valence-electron chi connectivity index (χ2n) is 7.66. The lowest BCUT2D eigenvalue weighted by molar-refractivity contribution is 0.140. The van der Waals surface area contributed by atoms with Gasteiger partial charge in [-0.2, -0.15) is 5.26 Å². The van der Waals surface area contributed by atoms with Crippen LogP contribution in [0, 0.1) is 17.3 Å². The van der Waals surface area contributed by atoms with E-state index in [2.05, 4.69) is 5.32 Å². The number of rotatable bonds is 5. The van der Waals surface area contributed by atoms with Crippen molar-refractivity contribution >= 4 is 40.8 Å². The molecule has 0 aromatic heterocycles. The molecule has 0 aliphatic carbocycles. The molecule has 3 atom stereocenters. The van der Waals surface area contributed by atoms with E-state index in [4.69, 9.17) is 27.3 Å². The minimum absolute atomic E-state index is 0.167. The normalized spacial score (nSPS) is 23.2. The van der Waals surface area contributed by atoms with Crippen LogP contribution in [0.5, 0.6) is 0 Å². The molecule has 0 saturated carbocycles. The van der Waals surface area contributed by atoms with Crippen LogP contribution in [0.25, 0.3) is 0 Å². The van der Waals surface area contributed by atoms with Gasteiger partial charge in [0.1, 0.15) is 11.9 Å². The number of cyclic esters (lactones) is 1. The zero-order chi connectivity index (χ0) is 22.7. The van der Waals surface area contributed by atoms with Crippen LogP contribution >= 0.6 is 12.2 Å². The van der Waals surface area contributed by atoms with Gasteiger partial charge in [-0.15, -0.1) is 0 Å². The van der Waals surface area contributed by atoms with Crippen molar-refractivity contribution in [2.75, 3.05) is 29.4 Å². The van der Waals surface area contributed by atoms with Crippen LogP contribution in [-0.4, -0.2) is 65.0 Å². The number of carbonyl (C=O) groups is 2. The number of ether oxygens (including phenoxy) is 1. The van der Waals surface area contributed by atoms with Crippen molar-refractivity contribution in [2.45, 2.75) is 44.9 Å². The minimum Gasteiger partial charge on any atom is -0.464 e. The van der Waals surface area contributed by atoms with E-state index in [1.54, 1.807) is 25.2 Å². The quantitative estimate of drug-likeness (QED) is 0.401. The molecule has 11 heteroatoms. The summed E-state index contributed by atoms with van der Waals surface area (Å²) in [5.74, 6) is -0.484. The average molecular weight is 450 g/mol. The number of anilines is 2. The monoisotopic (exact) mass is 449 g/mol. The first kappa shape index (κ1) is 22.6. The molecular weight excluding hydrogens is 425 g/mol. The standard InChI is InChI=1S/C20H24FN5O4S/c1-12-7-15(26(11-22)19(27)28)5-6-24(12)18-4-3-14(8-17(18)21)25-10-16(30-20(25)29)9-23-13(2)31/h3-4,8,12,15-16H,5-7,9-10H2,1-2H3,(H,23,31)(H,27,28). The van der Waals surface area contributed by atoms with Gasteiger partial charge in [0.15, 0.2) is 6.19 Å². The van der Waals surface area contributed by atoms with Gasteiger partial charge in [0, 0.05) is 12.6 Å². The predicted octanol–water partition coefficient (Wildman–Crippen LogP) is 2.91. The molecule has 2 N–H and O–H groups in total. The van der Waals surface area contributed by atoms with Crippen LogP contribution in [0.4, 0.5) is 25.4 Å². The molecule has 166 valence electrons. The summed E-state index contributed by atoms with van der Waals surface area (Å²) >= 11 is 4.96. The molecule has 2 amide bonds. The molecule has 1 aromatic carbocycles. The molecule has 3 unspecified atom stereocenters. The molecule has 0 spiro atoms. The van der Waals surface area contributed by atoms with E-state index in [1.807, 2.05) is 11.8 Å². The Hall–Kier alpha value is -3.13. The summed E-state index contributed by atoms with van der Waals surface area (Å²) in [6, 6.07) is 3.98. The van der Waals surface area contributed by atoms with Gasteiger partial charge in [-0.25, -0.2) is 18.9 Å². The molecule has 2 aliphatic heterocycles. The van der Waals surface area contributed by atoms with Crippen LogP contribution in [0.1, 0.15) is 26.7 Å². The maximum atomic E-state index is 15.0. The van der Waals surface area contributed by atoms with Gasteiger partial charge >= 0.3 is 12.2 Å². The minimum atomic E-state index is -1.28. The number of hydrogen-bond donors (Lipinski definition) is 2. The van der Waals surface area contributed by atoms with Crippen LogP contribution in [-0.2, 0) is 4.74 Å². The largest absolute Gasteiger partial charge is 0.464 e. The van der Waals surface area contributed by atoms with Gasteiger partial charge in [-0.1, -0.05) is 12.2 Å². The maximum Gasteiger partial charge on any atom is 0.420 e. The number of amides is 2. The number of benzene rings is 1. The number of halogens is 1. The first-order valence-electron chi connectivity index (χ1n) is 9.92. The number of nitrogens with zero attached hydrogens (tertiary/aromatic N) is 4. The highest BCUT2D eigenvalue weighted by Gasteiger charge is 2.35. The van der Waals surface area contributed by atoms with E-state index in [9.17, 15) is 14.0 Å². The highest BCUT2D eigenvalue weighted by molar-refractivity contribution is 7.80. The summed E-state index contributed by atoms with van der Waals surface area (Å²) in [6.07, 6.45) is 0.316. The lowest BCUT2D eigenvalue weighted by Crippen LogP contribution is -2.49. The van der Waals surface area contributed by atoms with Gasteiger partial charge < -0.3 is 20.1 Å². The SMILES string of the molecule is CC(=S)NCC1CN(c2ccc(N3CCC(N(C#N)C(=O)O)CC3C)c(F)c2)C(=O)O1. The summed E-state index contributed by atoms with van der Waals surface area (Å²) in [6.45, 7) is 4.69. The van der Waals surface area contributed by atoms with Gasteiger partial charge in [-0.05, 0) is 44.9 Å². The van der Waals surface area contributed by atoms with Crippen LogP contribution in [0.3, 0.4) is 0 Å². The van der Waals surface area contributed by atoms with Crippen LogP contribution < -0.4 is 15.1 Å². The highest BCUT2D eigenvalue weighted by Crippen LogP contribution is 2.32. The van der Waals surface area contributed by atoms with E-state index in [1.165, 1.54) is 11.0 Å². The fourth-order valence-corrected chi connectivity index (χ4v) is 4.10. The summed E-state index contributed by atoms with van der Waals surface area (Å²) < 4.78 is 20.3. The lowest BCUT2D eigenvalue weighted by Gasteiger charge is -2.40. The average Bonchev–Trinajstić information content (AvgIpc) is 3.08. The number of carbonyl (C=O) groups excluding carboxylic acids is 1. The number of nitrogens with one attached hydrogen (secondary N) is 1. The molecule has 0 bridgehead atoms. The van der Waals surface area contributed by atoms with Gasteiger partial charge in [-0.3, -0.25) is 4.90 Å². The fourth-order valence-electron chi connectivity index (χ4n) is 4.01. The Morgan fingerprint density at radius 3 is 2.84 bits per heavy atom. The second-order valence-corrected chi connectivity index (χ2v) is 8.27. The molecule has 1 aromatic rings. The third-order valence-electron chi connectivity index (χ3n) is 5.53. The van der Waals surface area contributed by atoms with Crippen molar-refractivity contribution < 1.29 is 23.8 Å². The third-order valence-corrected chi connectivity index (χ3v) is 5.68. The molecule has 0 radical (unpaired) electrons. The van der Waals surface area contributed by atoms with Crippen molar-refractivity contribution in [1.29, 1.82) is 5.26 Å². The van der Waals surface area contributed by atoms with Crippen LogP contribution in [0.2, 0.25) is 0 Å². The summed E-state index contributed by atoms with van der Waals surface area (Å²) in [7, 11) is 0.